The van der Waals surface area contributed by atoms with Gasteiger partial charge < -0.3 is 9.42 Å². The van der Waals surface area contributed by atoms with Crippen molar-refractivity contribution in [2.75, 3.05) is 11.4 Å². The highest BCUT2D eigenvalue weighted by Crippen LogP contribution is 2.32. The lowest BCUT2D eigenvalue weighted by atomic mass is 10.1. The Kier molecular flexibility index (Phi) is 3.95. The second-order valence-corrected chi connectivity index (χ2v) is 5.96. The SMILES string of the molecule is O=C1CC(c2noc(-c3cc(F)ccc3F)n2)CN1c1ccc(F)cc1. The van der Waals surface area contributed by atoms with Gasteiger partial charge in [-0.1, -0.05) is 5.16 Å². The summed E-state index contributed by atoms with van der Waals surface area (Å²) in [5.41, 5.74) is 0.433. The number of halogens is 3. The van der Waals surface area contributed by atoms with Crippen molar-refractivity contribution >= 4 is 11.6 Å². The monoisotopic (exact) mass is 359 g/mol. The summed E-state index contributed by atoms with van der Waals surface area (Å²) in [7, 11) is 0. The van der Waals surface area contributed by atoms with Crippen molar-refractivity contribution < 1.29 is 22.5 Å². The molecule has 5 nitrogen and oxygen atoms in total. The Bertz CT molecular complexity index is 972. The molecule has 3 aromatic rings. The van der Waals surface area contributed by atoms with E-state index in [1.54, 1.807) is 0 Å². The van der Waals surface area contributed by atoms with Crippen molar-refractivity contribution in [2.24, 2.45) is 0 Å². The van der Waals surface area contributed by atoms with Gasteiger partial charge in [-0.05, 0) is 42.5 Å². The summed E-state index contributed by atoms with van der Waals surface area (Å²) in [5, 5.41) is 3.81. The predicted molar refractivity (Wildman–Crippen MR) is 85.8 cm³/mol. The number of hydrogen-bond donors (Lipinski definition) is 0. The van der Waals surface area contributed by atoms with E-state index in [4.69, 9.17) is 4.52 Å². The van der Waals surface area contributed by atoms with Crippen LogP contribution in [0.1, 0.15) is 18.2 Å². The number of nitrogens with zero attached hydrogens (tertiary/aromatic N) is 3. The quantitative estimate of drug-likeness (QED) is 0.716. The van der Waals surface area contributed by atoms with Crippen LogP contribution in [-0.4, -0.2) is 22.6 Å². The van der Waals surface area contributed by atoms with Gasteiger partial charge in [0.2, 0.25) is 5.91 Å². The number of anilines is 1. The number of rotatable bonds is 3. The maximum atomic E-state index is 13.8. The molecule has 0 aliphatic carbocycles. The Labute approximate surface area is 146 Å². The molecule has 1 aliphatic heterocycles. The van der Waals surface area contributed by atoms with Crippen LogP contribution >= 0.6 is 0 Å². The molecule has 26 heavy (non-hydrogen) atoms. The summed E-state index contributed by atoms with van der Waals surface area (Å²) in [6.07, 6.45) is 0.141. The van der Waals surface area contributed by atoms with E-state index >= 15 is 0 Å². The Hall–Kier alpha value is -3.16. The third-order valence-corrected chi connectivity index (χ3v) is 4.23. The largest absolute Gasteiger partial charge is 0.334 e. The molecule has 2 aromatic carbocycles. The zero-order valence-electron chi connectivity index (χ0n) is 13.3. The summed E-state index contributed by atoms with van der Waals surface area (Å²) in [6.45, 7) is 0.287. The highest BCUT2D eigenvalue weighted by Gasteiger charge is 2.34. The zero-order valence-corrected chi connectivity index (χ0v) is 13.3. The predicted octanol–water partition coefficient (Wildman–Crippen LogP) is 3.67. The van der Waals surface area contributed by atoms with Gasteiger partial charge in [-0.2, -0.15) is 4.98 Å². The molecule has 1 amide bonds. The van der Waals surface area contributed by atoms with E-state index in [2.05, 4.69) is 10.1 Å². The topological polar surface area (TPSA) is 59.2 Å². The maximum Gasteiger partial charge on any atom is 0.261 e. The standard InChI is InChI=1S/C18H12F3N3O2/c19-11-1-4-13(5-2-11)24-9-10(7-16(24)25)17-22-18(26-23-17)14-8-12(20)3-6-15(14)21/h1-6,8,10H,7,9H2. The fourth-order valence-electron chi connectivity index (χ4n) is 2.92. The first-order valence-electron chi connectivity index (χ1n) is 7.86. The minimum absolute atomic E-state index is 0.136. The number of hydrogen-bond acceptors (Lipinski definition) is 4. The van der Waals surface area contributed by atoms with Crippen LogP contribution in [0.5, 0.6) is 0 Å². The van der Waals surface area contributed by atoms with Gasteiger partial charge in [0, 0.05) is 24.6 Å². The Morgan fingerprint density at radius 3 is 2.54 bits per heavy atom. The van der Waals surface area contributed by atoms with Gasteiger partial charge in [-0.3, -0.25) is 4.79 Å². The third-order valence-electron chi connectivity index (χ3n) is 4.23. The Morgan fingerprint density at radius 2 is 1.77 bits per heavy atom. The molecule has 1 unspecified atom stereocenters. The van der Waals surface area contributed by atoms with E-state index < -0.39 is 17.5 Å². The summed E-state index contributed by atoms with van der Waals surface area (Å²) >= 11 is 0. The van der Waals surface area contributed by atoms with Crippen LogP contribution < -0.4 is 4.90 Å². The number of carbonyl (C=O) groups excluding carboxylic acids is 1. The smallest absolute Gasteiger partial charge is 0.261 e. The minimum Gasteiger partial charge on any atom is -0.334 e. The van der Waals surface area contributed by atoms with Crippen molar-refractivity contribution in [1.29, 1.82) is 0 Å². The van der Waals surface area contributed by atoms with E-state index in [9.17, 15) is 18.0 Å². The fraction of sp³-hybridized carbons (Fsp3) is 0.167. The number of carbonyl (C=O) groups is 1. The third kappa shape index (κ3) is 2.94. The van der Waals surface area contributed by atoms with Crippen LogP contribution in [0.15, 0.2) is 47.0 Å². The zero-order chi connectivity index (χ0) is 18.3. The van der Waals surface area contributed by atoms with Crippen LogP contribution in [-0.2, 0) is 4.79 Å². The minimum atomic E-state index is -0.683. The molecule has 4 rings (SSSR count). The van der Waals surface area contributed by atoms with Crippen LogP contribution in [0.2, 0.25) is 0 Å². The molecule has 1 saturated heterocycles. The van der Waals surface area contributed by atoms with E-state index in [1.807, 2.05) is 0 Å². The normalized spacial score (nSPS) is 17.1. The van der Waals surface area contributed by atoms with Crippen LogP contribution in [0.4, 0.5) is 18.9 Å². The molecule has 0 N–H and O–H groups in total. The Balaban J connectivity index is 1.58. The molecule has 1 aliphatic rings. The molecule has 2 heterocycles. The highest BCUT2D eigenvalue weighted by atomic mass is 19.1. The van der Waals surface area contributed by atoms with Gasteiger partial charge in [0.1, 0.15) is 17.5 Å². The molecule has 0 spiro atoms. The number of amides is 1. The summed E-state index contributed by atoms with van der Waals surface area (Å²) < 4.78 is 45.2. The van der Waals surface area contributed by atoms with Crippen LogP contribution in [0, 0.1) is 17.5 Å². The van der Waals surface area contributed by atoms with Crippen molar-refractivity contribution in [3.8, 4) is 11.5 Å². The second-order valence-electron chi connectivity index (χ2n) is 5.96. The highest BCUT2D eigenvalue weighted by molar-refractivity contribution is 5.96. The van der Waals surface area contributed by atoms with Crippen molar-refractivity contribution in [1.82, 2.24) is 10.1 Å². The van der Waals surface area contributed by atoms with E-state index in [0.717, 1.165) is 18.2 Å². The van der Waals surface area contributed by atoms with Gasteiger partial charge in [0.05, 0.1) is 5.56 Å². The average Bonchev–Trinajstić information content (AvgIpc) is 3.25. The second kappa shape index (κ2) is 6.29. The molecular weight excluding hydrogens is 347 g/mol. The lowest BCUT2D eigenvalue weighted by molar-refractivity contribution is -0.117. The molecular formula is C18H12F3N3O2. The Morgan fingerprint density at radius 1 is 1.04 bits per heavy atom. The van der Waals surface area contributed by atoms with Crippen LogP contribution in [0.3, 0.4) is 0 Å². The van der Waals surface area contributed by atoms with E-state index in [0.29, 0.717) is 5.69 Å². The number of aromatic nitrogens is 2. The lowest BCUT2D eigenvalue weighted by Crippen LogP contribution is -2.24. The molecule has 8 heteroatoms. The van der Waals surface area contributed by atoms with Crippen molar-refractivity contribution in [3.63, 3.8) is 0 Å². The molecule has 1 aromatic heterocycles. The first-order valence-corrected chi connectivity index (χ1v) is 7.86. The molecule has 1 atom stereocenters. The van der Waals surface area contributed by atoms with E-state index in [1.165, 1.54) is 29.2 Å². The molecule has 132 valence electrons. The molecule has 0 radical (unpaired) electrons. The summed E-state index contributed by atoms with van der Waals surface area (Å²) in [5.74, 6) is -2.13. The summed E-state index contributed by atoms with van der Waals surface area (Å²) in [6, 6.07) is 8.51. The fourth-order valence-corrected chi connectivity index (χ4v) is 2.92. The van der Waals surface area contributed by atoms with Crippen molar-refractivity contribution in [2.45, 2.75) is 12.3 Å². The lowest BCUT2D eigenvalue weighted by Gasteiger charge is -2.15. The van der Waals surface area contributed by atoms with Gasteiger partial charge >= 0.3 is 0 Å². The first-order chi connectivity index (χ1) is 12.5. The molecule has 0 bridgehead atoms. The van der Waals surface area contributed by atoms with Gasteiger partial charge in [0.25, 0.3) is 5.89 Å². The average molecular weight is 359 g/mol. The van der Waals surface area contributed by atoms with Gasteiger partial charge in [0.15, 0.2) is 5.82 Å². The van der Waals surface area contributed by atoms with Crippen LogP contribution in [0.25, 0.3) is 11.5 Å². The summed E-state index contributed by atoms with van der Waals surface area (Å²) in [4.78, 5) is 17.9. The first kappa shape index (κ1) is 16.3. The molecule has 1 fully saturated rings. The maximum absolute atomic E-state index is 13.8. The van der Waals surface area contributed by atoms with Crippen molar-refractivity contribution in [3.05, 3.63) is 65.7 Å². The van der Waals surface area contributed by atoms with Gasteiger partial charge in [-0.25, -0.2) is 13.2 Å². The number of benzene rings is 2. The molecule has 0 saturated carbocycles. The van der Waals surface area contributed by atoms with Gasteiger partial charge in [-0.15, -0.1) is 0 Å². The van der Waals surface area contributed by atoms with E-state index in [-0.39, 0.29) is 42.1 Å².